The molecular formula is C8H7BO. The summed E-state index contributed by atoms with van der Waals surface area (Å²) in [5.41, 5.74) is 2.18. The predicted molar refractivity (Wildman–Crippen MR) is 44.4 cm³/mol. The van der Waals surface area contributed by atoms with Crippen molar-refractivity contribution in [1.82, 2.24) is 0 Å². The molecule has 0 N–H and O–H groups in total. The zero-order valence-electron chi connectivity index (χ0n) is 5.79. The molecule has 0 unspecified atom stereocenters. The molecule has 0 radical (unpaired) electrons. The van der Waals surface area contributed by atoms with Crippen LogP contribution in [0.2, 0.25) is 0 Å². The highest BCUT2D eigenvalue weighted by Crippen LogP contribution is 2.10. The fraction of sp³-hybridized carbons (Fsp3) is 0. The van der Waals surface area contributed by atoms with Crippen LogP contribution in [0.5, 0.6) is 0 Å². The number of rotatable bonds is 0. The van der Waals surface area contributed by atoms with Crippen LogP contribution in [0.1, 0.15) is 0 Å². The van der Waals surface area contributed by atoms with Crippen molar-refractivity contribution in [1.29, 1.82) is 0 Å². The van der Waals surface area contributed by atoms with Crippen molar-refractivity contribution in [3.05, 3.63) is 30.5 Å². The second kappa shape index (κ2) is 1.91. The Bertz CT molecular complexity index is 351. The first-order valence-electron chi connectivity index (χ1n) is 3.31. The van der Waals surface area contributed by atoms with Crippen molar-refractivity contribution in [2.45, 2.75) is 0 Å². The standard InChI is InChI=1S/C8H7BO/c9-7-5-10-8-4-2-1-3-6(7)8/h1-5H,9H2. The lowest BCUT2D eigenvalue weighted by atomic mass is 9.96. The Morgan fingerprint density at radius 2 is 2.00 bits per heavy atom. The van der Waals surface area contributed by atoms with Gasteiger partial charge in [-0.05, 0) is 11.5 Å². The van der Waals surface area contributed by atoms with Gasteiger partial charge in [-0.15, -0.1) is 0 Å². The van der Waals surface area contributed by atoms with Gasteiger partial charge in [0.05, 0.1) is 6.26 Å². The third-order valence-corrected chi connectivity index (χ3v) is 1.67. The second-order valence-electron chi connectivity index (χ2n) is 2.41. The maximum absolute atomic E-state index is 5.25. The molecule has 0 aliphatic carbocycles. The normalized spacial score (nSPS) is 10.4. The predicted octanol–water partition coefficient (Wildman–Crippen LogP) is 0.691. The minimum atomic E-state index is 0.972. The Morgan fingerprint density at radius 3 is 2.80 bits per heavy atom. The van der Waals surface area contributed by atoms with Gasteiger partial charge in [0.15, 0.2) is 0 Å². The Labute approximate surface area is 60.1 Å². The van der Waals surface area contributed by atoms with Gasteiger partial charge in [-0.25, -0.2) is 0 Å². The lowest BCUT2D eigenvalue weighted by molar-refractivity contribution is 0.618. The van der Waals surface area contributed by atoms with Gasteiger partial charge in [-0.3, -0.25) is 0 Å². The molecule has 0 aliphatic heterocycles. The molecule has 2 aromatic rings. The van der Waals surface area contributed by atoms with E-state index in [1.54, 1.807) is 6.26 Å². The maximum atomic E-state index is 5.25. The summed E-state index contributed by atoms with van der Waals surface area (Å²) in [6, 6.07) is 8.03. The zero-order valence-corrected chi connectivity index (χ0v) is 5.79. The molecular weight excluding hydrogens is 123 g/mol. The van der Waals surface area contributed by atoms with Gasteiger partial charge in [-0.2, -0.15) is 0 Å². The second-order valence-corrected chi connectivity index (χ2v) is 2.41. The first kappa shape index (κ1) is 5.60. The summed E-state index contributed by atoms with van der Waals surface area (Å²) in [6.07, 6.45) is 1.78. The van der Waals surface area contributed by atoms with Crippen LogP contribution in [-0.4, -0.2) is 7.85 Å². The van der Waals surface area contributed by atoms with E-state index in [0.717, 1.165) is 5.58 Å². The molecule has 1 nitrogen and oxygen atoms in total. The molecule has 1 heterocycles. The first-order valence-corrected chi connectivity index (χ1v) is 3.31. The van der Waals surface area contributed by atoms with Crippen LogP contribution in [0.4, 0.5) is 0 Å². The third-order valence-electron chi connectivity index (χ3n) is 1.67. The molecule has 0 atom stereocenters. The highest BCUT2D eigenvalue weighted by atomic mass is 16.3. The molecule has 0 bridgehead atoms. The number of benzene rings is 1. The van der Waals surface area contributed by atoms with E-state index in [1.165, 1.54) is 10.8 Å². The molecule has 10 heavy (non-hydrogen) atoms. The summed E-state index contributed by atoms with van der Waals surface area (Å²) >= 11 is 0. The first-order chi connectivity index (χ1) is 4.88. The average Bonchev–Trinajstić information content (AvgIpc) is 2.34. The highest BCUT2D eigenvalue weighted by Gasteiger charge is 1.97. The quantitative estimate of drug-likeness (QED) is 0.478. The molecule has 0 fully saturated rings. The minimum Gasteiger partial charge on any atom is -0.465 e. The van der Waals surface area contributed by atoms with Crippen molar-refractivity contribution in [2.24, 2.45) is 0 Å². The van der Waals surface area contributed by atoms with Crippen molar-refractivity contribution < 1.29 is 4.42 Å². The van der Waals surface area contributed by atoms with E-state index >= 15 is 0 Å². The number of para-hydroxylation sites is 1. The van der Waals surface area contributed by atoms with Gasteiger partial charge in [-0.1, -0.05) is 18.2 Å². The Morgan fingerprint density at radius 1 is 1.20 bits per heavy atom. The molecule has 1 aromatic heterocycles. The van der Waals surface area contributed by atoms with Crippen molar-refractivity contribution >= 4 is 24.3 Å². The monoisotopic (exact) mass is 130 g/mol. The fourth-order valence-electron chi connectivity index (χ4n) is 1.11. The lowest BCUT2D eigenvalue weighted by Gasteiger charge is -1.84. The molecule has 0 aliphatic rings. The summed E-state index contributed by atoms with van der Waals surface area (Å²) in [4.78, 5) is 0. The third kappa shape index (κ3) is 0.653. The minimum absolute atomic E-state index is 0.972. The van der Waals surface area contributed by atoms with E-state index in [1.807, 2.05) is 26.0 Å². The van der Waals surface area contributed by atoms with E-state index < -0.39 is 0 Å². The summed E-state index contributed by atoms with van der Waals surface area (Å²) in [5, 5.41) is 1.21. The molecule has 48 valence electrons. The number of hydrogen-bond acceptors (Lipinski definition) is 1. The molecule has 0 saturated heterocycles. The van der Waals surface area contributed by atoms with Crippen molar-refractivity contribution in [3.8, 4) is 0 Å². The molecule has 2 heteroatoms. The fourth-order valence-corrected chi connectivity index (χ4v) is 1.11. The Kier molecular flexibility index (Phi) is 1.07. The summed E-state index contributed by atoms with van der Waals surface area (Å²) < 4.78 is 5.25. The van der Waals surface area contributed by atoms with Crippen LogP contribution in [-0.2, 0) is 0 Å². The van der Waals surface area contributed by atoms with Crippen LogP contribution in [0, 0.1) is 0 Å². The lowest BCUT2D eigenvalue weighted by Crippen LogP contribution is -1.95. The molecule has 0 spiro atoms. The maximum Gasteiger partial charge on any atom is 0.144 e. The highest BCUT2D eigenvalue weighted by molar-refractivity contribution is 6.38. The Hall–Kier alpha value is -1.18. The van der Waals surface area contributed by atoms with Gasteiger partial charge in [0.25, 0.3) is 0 Å². The van der Waals surface area contributed by atoms with Gasteiger partial charge >= 0.3 is 0 Å². The molecule has 1 aromatic carbocycles. The topological polar surface area (TPSA) is 13.1 Å². The SMILES string of the molecule is Bc1coc2ccccc12. The summed E-state index contributed by atoms with van der Waals surface area (Å²) in [5.74, 6) is 0. The number of hydrogen-bond donors (Lipinski definition) is 0. The number of furan rings is 1. The van der Waals surface area contributed by atoms with Crippen LogP contribution < -0.4 is 5.46 Å². The van der Waals surface area contributed by atoms with Crippen LogP contribution >= 0.6 is 0 Å². The van der Waals surface area contributed by atoms with Crippen LogP contribution in [0.3, 0.4) is 0 Å². The molecule has 0 saturated carbocycles. The van der Waals surface area contributed by atoms with E-state index in [4.69, 9.17) is 4.42 Å². The average molecular weight is 130 g/mol. The Balaban J connectivity index is 2.93. The van der Waals surface area contributed by atoms with Gasteiger partial charge in [0.2, 0.25) is 0 Å². The van der Waals surface area contributed by atoms with Gasteiger partial charge in [0.1, 0.15) is 13.4 Å². The van der Waals surface area contributed by atoms with Crippen LogP contribution in [0.25, 0.3) is 11.0 Å². The van der Waals surface area contributed by atoms with E-state index in [9.17, 15) is 0 Å². The largest absolute Gasteiger partial charge is 0.465 e. The summed E-state index contributed by atoms with van der Waals surface area (Å²) in [6.45, 7) is 0. The van der Waals surface area contributed by atoms with Gasteiger partial charge < -0.3 is 4.42 Å². The van der Waals surface area contributed by atoms with Crippen LogP contribution in [0.15, 0.2) is 34.9 Å². The van der Waals surface area contributed by atoms with E-state index in [-0.39, 0.29) is 0 Å². The molecule has 0 amide bonds. The number of fused-ring (bicyclic) bond motifs is 1. The van der Waals surface area contributed by atoms with Gasteiger partial charge in [0, 0.05) is 5.39 Å². The molecule has 2 rings (SSSR count). The zero-order chi connectivity index (χ0) is 6.97. The summed E-state index contributed by atoms with van der Waals surface area (Å²) in [7, 11) is 2.05. The smallest absolute Gasteiger partial charge is 0.144 e. The van der Waals surface area contributed by atoms with Crippen molar-refractivity contribution in [3.63, 3.8) is 0 Å². The van der Waals surface area contributed by atoms with E-state index in [2.05, 4.69) is 6.07 Å². The van der Waals surface area contributed by atoms with Crippen molar-refractivity contribution in [2.75, 3.05) is 0 Å². The van der Waals surface area contributed by atoms with E-state index in [0.29, 0.717) is 0 Å².